The molecule has 138 valence electrons. The number of halogens is 4. The van der Waals surface area contributed by atoms with Crippen LogP contribution in [-0.2, 0) is 11.2 Å². The highest BCUT2D eigenvalue weighted by molar-refractivity contribution is 5.78. The van der Waals surface area contributed by atoms with E-state index in [1.165, 1.54) is 4.90 Å². The Hall–Kier alpha value is -2.32. The van der Waals surface area contributed by atoms with Crippen molar-refractivity contribution < 1.29 is 32.3 Å². The number of carbonyl (C=O) groups is 2. The number of likely N-dealkylation sites (tertiary alicyclic amines) is 1. The van der Waals surface area contributed by atoms with E-state index < -0.39 is 53.5 Å². The Kier molecular flexibility index (Phi) is 6.22. The SMILES string of the molecule is O=C(Cc1c(F)ccc(F)c1F)NCC(F)C1CCN(C(=O)O)CC1. The molecule has 0 spiro atoms. The van der Waals surface area contributed by atoms with Crippen LogP contribution in [0.1, 0.15) is 18.4 Å². The van der Waals surface area contributed by atoms with Crippen molar-refractivity contribution in [3.8, 4) is 0 Å². The molecule has 0 saturated carbocycles. The average molecular weight is 362 g/mol. The summed E-state index contributed by atoms with van der Waals surface area (Å²) in [6.45, 7) is 0.0806. The molecule has 25 heavy (non-hydrogen) atoms. The van der Waals surface area contributed by atoms with E-state index in [4.69, 9.17) is 5.11 Å². The Morgan fingerprint density at radius 2 is 1.80 bits per heavy atom. The fourth-order valence-electron chi connectivity index (χ4n) is 2.78. The van der Waals surface area contributed by atoms with Crippen LogP contribution in [0, 0.1) is 23.4 Å². The highest BCUT2D eigenvalue weighted by atomic mass is 19.2. The van der Waals surface area contributed by atoms with Crippen molar-refractivity contribution in [3.05, 3.63) is 35.1 Å². The minimum atomic E-state index is -1.44. The summed E-state index contributed by atoms with van der Waals surface area (Å²) in [5.74, 6) is -4.98. The quantitative estimate of drug-likeness (QED) is 0.625. The van der Waals surface area contributed by atoms with Gasteiger partial charge in [0.1, 0.15) is 12.0 Å². The molecule has 2 rings (SSSR count). The summed E-state index contributed by atoms with van der Waals surface area (Å²) < 4.78 is 54.2. The average Bonchev–Trinajstić information content (AvgIpc) is 2.60. The van der Waals surface area contributed by atoms with E-state index in [1.54, 1.807) is 0 Å². The van der Waals surface area contributed by atoms with Gasteiger partial charge in [-0.05, 0) is 30.9 Å². The van der Waals surface area contributed by atoms with Crippen LogP contribution in [0.5, 0.6) is 0 Å². The summed E-state index contributed by atoms with van der Waals surface area (Å²) in [6.07, 6.45) is -2.53. The third kappa shape index (κ3) is 4.83. The number of hydrogen-bond acceptors (Lipinski definition) is 2. The Morgan fingerprint density at radius 1 is 1.20 bits per heavy atom. The standard InChI is InChI=1S/C16H18F4N2O3/c17-11-1-2-12(18)15(20)10(11)7-14(23)21-8-13(19)9-3-5-22(6-4-9)16(24)25/h1-2,9,13H,3-8H2,(H,21,23)(H,24,25). The summed E-state index contributed by atoms with van der Waals surface area (Å²) in [5.41, 5.74) is -0.706. The van der Waals surface area contributed by atoms with Crippen molar-refractivity contribution in [2.75, 3.05) is 19.6 Å². The van der Waals surface area contributed by atoms with E-state index in [0.29, 0.717) is 18.9 Å². The van der Waals surface area contributed by atoms with Crippen LogP contribution in [-0.4, -0.2) is 47.8 Å². The molecular formula is C16H18F4N2O3. The van der Waals surface area contributed by atoms with E-state index in [9.17, 15) is 27.2 Å². The summed E-state index contributed by atoms with van der Waals surface area (Å²) in [7, 11) is 0. The van der Waals surface area contributed by atoms with Gasteiger partial charge in [0.05, 0.1) is 6.42 Å². The van der Waals surface area contributed by atoms with Gasteiger partial charge in [-0.2, -0.15) is 0 Å². The largest absolute Gasteiger partial charge is 0.465 e. The molecule has 0 radical (unpaired) electrons. The van der Waals surface area contributed by atoms with Crippen LogP contribution < -0.4 is 5.32 Å². The van der Waals surface area contributed by atoms with Gasteiger partial charge >= 0.3 is 6.09 Å². The number of amides is 2. The first-order valence-electron chi connectivity index (χ1n) is 7.80. The van der Waals surface area contributed by atoms with Crippen LogP contribution in [0.25, 0.3) is 0 Å². The fraction of sp³-hybridized carbons (Fsp3) is 0.500. The lowest BCUT2D eigenvalue weighted by molar-refractivity contribution is -0.120. The van der Waals surface area contributed by atoms with Gasteiger partial charge in [0.2, 0.25) is 5.91 Å². The number of nitrogens with one attached hydrogen (secondary N) is 1. The minimum absolute atomic E-state index is 0.216. The molecule has 0 bridgehead atoms. The Balaban J connectivity index is 1.82. The minimum Gasteiger partial charge on any atom is -0.465 e. The molecule has 1 aromatic carbocycles. The molecule has 1 aliphatic rings. The molecule has 1 saturated heterocycles. The lowest BCUT2D eigenvalue weighted by atomic mass is 9.92. The number of piperidine rings is 1. The number of rotatable bonds is 5. The Morgan fingerprint density at radius 3 is 2.40 bits per heavy atom. The monoisotopic (exact) mass is 362 g/mol. The molecule has 0 aromatic heterocycles. The molecule has 5 nitrogen and oxygen atoms in total. The van der Waals surface area contributed by atoms with Crippen molar-refractivity contribution in [1.82, 2.24) is 10.2 Å². The van der Waals surface area contributed by atoms with E-state index >= 15 is 0 Å². The van der Waals surface area contributed by atoms with Gasteiger partial charge in [-0.1, -0.05) is 0 Å². The van der Waals surface area contributed by atoms with Crippen LogP contribution in [0.15, 0.2) is 12.1 Å². The summed E-state index contributed by atoms with van der Waals surface area (Å²) in [4.78, 5) is 23.7. The maximum Gasteiger partial charge on any atom is 0.407 e. The van der Waals surface area contributed by atoms with Gasteiger partial charge in [0.25, 0.3) is 0 Å². The summed E-state index contributed by atoms with van der Waals surface area (Å²) in [5, 5.41) is 11.1. The lowest BCUT2D eigenvalue weighted by Crippen LogP contribution is -2.42. The zero-order valence-corrected chi connectivity index (χ0v) is 13.3. The number of carbonyl (C=O) groups excluding carboxylic acids is 1. The Bertz CT molecular complexity index is 649. The highest BCUT2D eigenvalue weighted by Gasteiger charge is 2.28. The first kappa shape index (κ1) is 19.0. The number of hydrogen-bond donors (Lipinski definition) is 2. The first-order chi connectivity index (χ1) is 11.8. The third-order valence-corrected chi connectivity index (χ3v) is 4.29. The Labute approximate surface area is 141 Å². The number of carboxylic acid groups (broad SMARTS) is 1. The summed E-state index contributed by atoms with van der Waals surface area (Å²) in [6, 6.07) is 1.34. The number of alkyl halides is 1. The second-order valence-corrected chi connectivity index (χ2v) is 5.93. The van der Waals surface area contributed by atoms with Crippen molar-refractivity contribution >= 4 is 12.0 Å². The predicted octanol–water partition coefficient (Wildman–Crippen LogP) is 2.49. The third-order valence-electron chi connectivity index (χ3n) is 4.29. The van der Waals surface area contributed by atoms with Crippen molar-refractivity contribution in [2.45, 2.75) is 25.4 Å². The van der Waals surface area contributed by atoms with Gasteiger partial charge in [-0.3, -0.25) is 4.79 Å². The van der Waals surface area contributed by atoms with E-state index in [1.807, 2.05) is 0 Å². The molecule has 1 heterocycles. The van der Waals surface area contributed by atoms with Crippen molar-refractivity contribution in [3.63, 3.8) is 0 Å². The van der Waals surface area contributed by atoms with Crippen LogP contribution in [0.4, 0.5) is 22.4 Å². The maximum absolute atomic E-state index is 14.1. The summed E-state index contributed by atoms with van der Waals surface area (Å²) >= 11 is 0. The molecule has 9 heteroatoms. The molecule has 0 aliphatic carbocycles. The molecule has 1 fully saturated rings. The van der Waals surface area contributed by atoms with Gasteiger partial charge in [0, 0.05) is 25.2 Å². The zero-order chi connectivity index (χ0) is 18.6. The first-order valence-corrected chi connectivity index (χ1v) is 7.80. The molecule has 1 aromatic rings. The van der Waals surface area contributed by atoms with Gasteiger partial charge in [-0.25, -0.2) is 22.4 Å². The van der Waals surface area contributed by atoms with E-state index in [-0.39, 0.29) is 19.6 Å². The second kappa shape index (κ2) is 8.17. The predicted molar refractivity (Wildman–Crippen MR) is 80.2 cm³/mol. The normalized spacial score (nSPS) is 16.6. The smallest absolute Gasteiger partial charge is 0.407 e. The second-order valence-electron chi connectivity index (χ2n) is 5.93. The van der Waals surface area contributed by atoms with Crippen LogP contribution in [0.2, 0.25) is 0 Å². The fourth-order valence-corrected chi connectivity index (χ4v) is 2.78. The van der Waals surface area contributed by atoms with Gasteiger partial charge < -0.3 is 15.3 Å². The van der Waals surface area contributed by atoms with Crippen molar-refractivity contribution in [2.24, 2.45) is 5.92 Å². The highest BCUT2D eigenvalue weighted by Crippen LogP contribution is 2.22. The molecule has 2 amide bonds. The topological polar surface area (TPSA) is 69.6 Å². The lowest BCUT2D eigenvalue weighted by Gasteiger charge is -2.31. The van der Waals surface area contributed by atoms with Crippen molar-refractivity contribution in [1.29, 1.82) is 0 Å². The van der Waals surface area contributed by atoms with E-state index in [0.717, 1.165) is 6.07 Å². The zero-order valence-electron chi connectivity index (χ0n) is 13.3. The van der Waals surface area contributed by atoms with E-state index in [2.05, 4.69) is 5.32 Å². The molecule has 1 aliphatic heterocycles. The van der Waals surface area contributed by atoms with Gasteiger partial charge in [-0.15, -0.1) is 0 Å². The van der Waals surface area contributed by atoms with Crippen LogP contribution in [0.3, 0.4) is 0 Å². The maximum atomic E-state index is 14.1. The molecule has 1 unspecified atom stereocenters. The number of nitrogens with zero attached hydrogens (tertiary/aromatic N) is 1. The molecular weight excluding hydrogens is 344 g/mol. The van der Waals surface area contributed by atoms with Crippen LogP contribution >= 0.6 is 0 Å². The number of benzene rings is 1. The molecule has 2 N–H and O–H groups in total. The van der Waals surface area contributed by atoms with Gasteiger partial charge in [0.15, 0.2) is 11.6 Å². The molecule has 1 atom stereocenters.